The van der Waals surface area contributed by atoms with Gasteiger partial charge in [0.1, 0.15) is 0 Å². The molecule has 10 heteroatoms. The Balaban J connectivity index is 2.34. The molecule has 1 aliphatic heterocycles. The Kier molecular flexibility index (Phi) is 3.92. The third-order valence-corrected chi connectivity index (χ3v) is 5.02. The van der Waals surface area contributed by atoms with Gasteiger partial charge in [-0.15, -0.1) is 0 Å². The van der Waals surface area contributed by atoms with Crippen molar-refractivity contribution in [2.24, 2.45) is 0 Å². The number of nitro groups is 1. The highest BCUT2D eigenvalue weighted by Gasteiger charge is 2.32. The first-order valence-electron chi connectivity index (χ1n) is 5.91. The summed E-state index contributed by atoms with van der Waals surface area (Å²) in [6.45, 7) is -0.0197. The monoisotopic (exact) mass is 317 g/mol. The van der Waals surface area contributed by atoms with Gasteiger partial charge in [0.2, 0.25) is 21.7 Å². The van der Waals surface area contributed by atoms with E-state index in [1.807, 2.05) is 0 Å². The van der Waals surface area contributed by atoms with Gasteiger partial charge in [-0.05, 0) is 6.07 Å². The molecule has 0 bridgehead atoms. The molecule has 0 aromatic heterocycles. The van der Waals surface area contributed by atoms with E-state index in [1.54, 1.807) is 7.05 Å². The summed E-state index contributed by atoms with van der Waals surface area (Å²) < 4.78 is 39.0. The summed E-state index contributed by atoms with van der Waals surface area (Å²) >= 11 is 0. The van der Waals surface area contributed by atoms with Crippen molar-refractivity contribution in [2.45, 2.75) is 4.90 Å². The lowest BCUT2D eigenvalue weighted by Crippen LogP contribution is -2.50. The highest BCUT2D eigenvalue weighted by molar-refractivity contribution is 7.89. The van der Waals surface area contributed by atoms with Crippen LogP contribution in [0.4, 0.5) is 10.1 Å². The molecule has 0 atom stereocenters. The Labute approximate surface area is 120 Å². The van der Waals surface area contributed by atoms with Gasteiger partial charge in [0.15, 0.2) is 0 Å². The molecule has 1 aliphatic rings. The quantitative estimate of drug-likeness (QED) is 0.585. The summed E-state index contributed by atoms with van der Waals surface area (Å²) in [6.07, 6.45) is 0. The molecule has 1 saturated heterocycles. The van der Waals surface area contributed by atoms with Crippen molar-refractivity contribution in [3.63, 3.8) is 0 Å². The van der Waals surface area contributed by atoms with E-state index in [2.05, 4.69) is 0 Å². The number of carbonyl (C=O) groups excluding carboxylic acids is 1. The van der Waals surface area contributed by atoms with Gasteiger partial charge in [-0.3, -0.25) is 14.9 Å². The topological polar surface area (TPSA) is 101 Å². The van der Waals surface area contributed by atoms with Gasteiger partial charge < -0.3 is 4.90 Å². The highest BCUT2D eigenvalue weighted by atomic mass is 32.2. The predicted molar refractivity (Wildman–Crippen MR) is 69.5 cm³/mol. The molecular weight excluding hydrogens is 305 g/mol. The first kappa shape index (κ1) is 15.3. The zero-order chi connectivity index (χ0) is 15.8. The maximum Gasteiger partial charge on any atom is 0.304 e. The summed E-state index contributed by atoms with van der Waals surface area (Å²) in [5.74, 6) is -1.60. The summed E-state index contributed by atoms with van der Waals surface area (Å²) in [7, 11) is -2.51. The average molecular weight is 317 g/mol. The lowest BCUT2D eigenvalue weighted by atomic mass is 10.3. The highest BCUT2D eigenvalue weighted by Crippen LogP contribution is 2.23. The molecule has 0 unspecified atom stereocenters. The van der Waals surface area contributed by atoms with E-state index in [-0.39, 0.29) is 25.5 Å². The van der Waals surface area contributed by atoms with Crippen LogP contribution >= 0.6 is 0 Å². The van der Waals surface area contributed by atoms with E-state index in [0.717, 1.165) is 16.4 Å². The van der Waals surface area contributed by atoms with Gasteiger partial charge in [-0.2, -0.15) is 8.70 Å². The molecule has 1 heterocycles. The number of nitrogens with zero attached hydrogens (tertiary/aromatic N) is 3. The van der Waals surface area contributed by atoms with Crippen molar-refractivity contribution >= 4 is 21.6 Å². The number of likely N-dealkylation sites (N-methyl/N-ethyl adjacent to an activating group) is 1. The summed E-state index contributed by atoms with van der Waals surface area (Å²) in [4.78, 5) is 22.1. The lowest BCUT2D eigenvalue weighted by Gasteiger charge is -2.31. The van der Waals surface area contributed by atoms with Crippen LogP contribution in [0.15, 0.2) is 23.1 Å². The number of sulfonamides is 1. The number of hydrogen-bond donors (Lipinski definition) is 0. The Hall–Kier alpha value is -2.07. The summed E-state index contributed by atoms with van der Waals surface area (Å²) in [5.41, 5.74) is -0.802. The van der Waals surface area contributed by atoms with E-state index >= 15 is 0 Å². The Morgan fingerprint density at radius 2 is 2.00 bits per heavy atom. The van der Waals surface area contributed by atoms with E-state index in [4.69, 9.17) is 0 Å². The maximum absolute atomic E-state index is 13.5. The number of rotatable bonds is 3. The lowest BCUT2D eigenvalue weighted by molar-refractivity contribution is -0.387. The molecule has 8 nitrogen and oxygen atoms in total. The number of hydrogen-bond acceptors (Lipinski definition) is 5. The number of piperazine rings is 1. The fourth-order valence-corrected chi connectivity index (χ4v) is 3.28. The van der Waals surface area contributed by atoms with Crippen LogP contribution in [0.3, 0.4) is 0 Å². The van der Waals surface area contributed by atoms with Crippen molar-refractivity contribution in [3.8, 4) is 0 Å². The van der Waals surface area contributed by atoms with Crippen LogP contribution < -0.4 is 0 Å². The SMILES string of the molecule is CN1CCN(S(=O)(=O)c2ccc([N+](=O)[O-])c(F)c2)CC1=O. The van der Waals surface area contributed by atoms with Crippen LogP contribution in [0.25, 0.3) is 0 Å². The standard InChI is InChI=1S/C11H12FN3O5S/c1-13-4-5-14(7-11(13)16)21(19,20)8-2-3-10(15(17)18)9(12)6-8/h2-3,6H,4-5,7H2,1H3. The average Bonchev–Trinajstić information content (AvgIpc) is 2.41. The van der Waals surface area contributed by atoms with E-state index in [1.165, 1.54) is 4.90 Å². The molecule has 1 amide bonds. The van der Waals surface area contributed by atoms with E-state index in [0.29, 0.717) is 6.07 Å². The molecule has 0 N–H and O–H groups in total. The van der Waals surface area contributed by atoms with Crippen LogP contribution in [0.5, 0.6) is 0 Å². The van der Waals surface area contributed by atoms with Crippen molar-refractivity contribution in [1.82, 2.24) is 9.21 Å². The molecule has 0 radical (unpaired) electrons. The van der Waals surface area contributed by atoms with E-state index < -0.39 is 31.3 Å². The van der Waals surface area contributed by atoms with Gasteiger partial charge >= 0.3 is 5.69 Å². The maximum atomic E-state index is 13.5. The number of nitro benzene ring substituents is 1. The van der Waals surface area contributed by atoms with Crippen LogP contribution in [-0.2, 0) is 14.8 Å². The second-order valence-electron chi connectivity index (χ2n) is 4.52. The largest absolute Gasteiger partial charge is 0.343 e. The second-order valence-corrected chi connectivity index (χ2v) is 6.46. The predicted octanol–water partition coefficient (Wildman–Crippen LogP) is 0.197. The fraction of sp³-hybridized carbons (Fsp3) is 0.364. The first-order chi connectivity index (χ1) is 9.73. The van der Waals surface area contributed by atoms with Crippen LogP contribution in [0.1, 0.15) is 0 Å². The molecule has 2 rings (SSSR count). The van der Waals surface area contributed by atoms with Gasteiger partial charge in [-0.25, -0.2) is 8.42 Å². The molecule has 21 heavy (non-hydrogen) atoms. The number of carbonyl (C=O) groups is 1. The van der Waals surface area contributed by atoms with Crippen molar-refractivity contribution < 1.29 is 22.5 Å². The molecule has 114 valence electrons. The summed E-state index contributed by atoms with van der Waals surface area (Å²) in [5, 5.41) is 10.5. The Morgan fingerprint density at radius 1 is 1.33 bits per heavy atom. The molecule has 1 aromatic rings. The molecule has 0 saturated carbocycles. The van der Waals surface area contributed by atoms with Gasteiger partial charge in [0.25, 0.3) is 0 Å². The minimum atomic E-state index is -4.06. The number of amides is 1. The zero-order valence-electron chi connectivity index (χ0n) is 11.0. The van der Waals surface area contributed by atoms with Gasteiger partial charge in [0, 0.05) is 32.3 Å². The first-order valence-corrected chi connectivity index (χ1v) is 7.35. The van der Waals surface area contributed by atoms with Gasteiger partial charge in [0.05, 0.1) is 16.4 Å². The van der Waals surface area contributed by atoms with Crippen LogP contribution in [0, 0.1) is 15.9 Å². The fourth-order valence-electron chi connectivity index (χ4n) is 1.89. The minimum absolute atomic E-state index is 0.0865. The second kappa shape index (κ2) is 5.37. The normalized spacial score (nSPS) is 17.0. The molecule has 0 spiro atoms. The third-order valence-electron chi connectivity index (χ3n) is 3.18. The molecule has 0 aliphatic carbocycles. The van der Waals surface area contributed by atoms with Crippen LogP contribution in [0.2, 0.25) is 0 Å². The van der Waals surface area contributed by atoms with Gasteiger partial charge in [-0.1, -0.05) is 0 Å². The third kappa shape index (κ3) is 2.85. The van der Waals surface area contributed by atoms with E-state index in [9.17, 15) is 27.7 Å². The smallest absolute Gasteiger partial charge is 0.304 e. The Morgan fingerprint density at radius 3 is 2.52 bits per heavy atom. The van der Waals surface area contributed by atoms with Crippen molar-refractivity contribution in [3.05, 3.63) is 34.1 Å². The van der Waals surface area contributed by atoms with Crippen LogP contribution in [-0.4, -0.2) is 55.1 Å². The van der Waals surface area contributed by atoms with Crippen molar-refractivity contribution in [2.75, 3.05) is 26.7 Å². The number of halogens is 1. The van der Waals surface area contributed by atoms with Crippen molar-refractivity contribution in [1.29, 1.82) is 0 Å². The molecule has 1 aromatic carbocycles. The Bertz CT molecular complexity index is 706. The zero-order valence-corrected chi connectivity index (χ0v) is 11.8. The number of benzene rings is 1. The molecular formula is C11H12FN3O5S. The minimum Gasteiger partial charge on any atom is -0.343 e. The molecule has 1 fully saturated rings. The summed E-state index contributed by atoms with van der Waals surface area (Å²) in [6, 6.07) is 2.34.